The second-order valence-electron chi connectivity index (χ2n) is 8.55. The van der Waals surface area contributed by atoms with E-state index in [-0.39, 0.29) is 26.2 Å². The van der Waals surface area contributed by atoms with Gasteiger partial charge in [-0.05, 0) is 37.5 Å². The lowest BCUT2D eigenvalue weighted by molar-refractivity contribution is -0.431. The van der Waals surface area contributed by atoms with Crippen molar-refractivity contribution in [3.63, 3.8) is 0 Å². The third-order valence-corrected chi connectivity index (χ3v) is 7.33. The molecule has 4 fully saturated rings. The summed E-state index contributed by atoms with van der Waals surface area (Å²) in [6.07, 6.45) is -2.42. The summed E-state index contributed by atoms with van der Waals surface area (Å²) in [6.45, 7) is 2.75. The van der Waals surface area contributed by atoms with Gasteiger partial charge in [-0.25, -0.2) is 13.2 Å². The zero-order valence-electron chi connectivity index (χ0n) is 15.8. The van der Waals surface area contributed by atoms with E-state index < -0.39 is 53.8 Å². The van der Waals surface area contributed by atoms with Crippen LogP contribution in [-0.4, -0.2) is 35.5 Å². The molecule has 0 spiro atoms. The van der Waals surface area contributed by atoms with Gasteiger partial charge in [0.2, 0.25) is 5.67 Å². The number of alkyl halides is 12. The third-order valence-electron chi connectivity index (χ3n) is 7.33. The molecule has 4 rings (SSSR count). The minimum Gasteiger partial charge on any atom is -0.230 e. The van der Waals surface area contributed by atoms with E-state index in [0.29, 0.717) is 5.92 Å². The molecule has 30 heavy (non-hydrogen) atoms. The summed E-state index contributed by atoms with van der Waals surface area (Å²) in [7, 11) is 0. The predicted molar refractivity (Wildman–Crippen MR) is 84.7 cm³/mol. The highest BCUT2D eigenvalue weighted by atomic mass is 19.4. The molecule has 0 nitrogen and oxygen atoms in total. The maximum Gasteiger partial charge on any atom is 0.394 e. The summed E-state index contributed by atoms with van der Waals surface area (Å²) in [5.74, 6) is -26.8. The summed E-state index contributed by atoms with van der Waals surface area (Å²) in [5.41, 5.74) is -6.41. The summed E-state index contributed by atoms with van der Waals surface area (Å²) in [6, 6.07) is 0. The lowest BCUT2D eigenvalue weighted by atomic mass is 9.53. The van der Waals surface area contributed by atoms with E-state index in [4.69, 9.17) is 0 Å². The van der Waals surface area contributed by atoms with Gasteiger partial charge in [0.1, 0.15) is 0 Å². The monoisotopic (exact) mass is 468 g/mol. The molecule has 3 unspecified atom stereocenters. The molecule has 0 amide bonds. The van der Waals surface area contributed by atoms with Gasteiger partial charge in [0.05, 0.1) is 11.3 Å². The molecule has 180 valence electrons. The minimum absolute atomic E-state index is 0. The largest absolute Gasteiger partial charge is 0.394 e. The number of hydrogen-bond acceptors (Lipinski definition) is 0. The van der Waals surface area contributed by atoms with E-state index in [1.54, 1.807) is 0 Å². The van der Waals surface area contributed by atoms with Gasteiger partial charge in [0.15, 0.2) is 0 Å². The van der Waals surface area contributed by atoms with E-state index in [2.05, 4.69) is 0 Å². The molecule has 0 aromatic heterocycles. The smallest absolute Gasteiger partial charge is 0.230 e. The number of halogens is 12. The SMILES string of the molecule is C.CC1[C@H]2CC[C@@H]1C2(C)C(F)(F)F.C[C@H]1C(F)(F)C(C)(F)C(F)(F)C(F)(F)C1(F)F. The van der Waals surface area contributed by atoms with Crippen LogP contribution in [0.25, 0.3) is 0 Å². The first-order valence-electron chi connectivity index (χ1n) is 8.81. The average molecular weight is 468 g/mol. The zero-order valence-corrected chi connectivity index (χ0v) is 15.8. The first-order valence-corrected chi connectivity index (χ1v) is 8.81. The van der Waals surface area contributed by atoms with Crippen molar-refractivity contribution in [2.24, 2.45) is 29.1 Å². The molecule has 0 heterocycles. The highest BCUT2D eigenvalue weighted by Gasteiger charge is 2.91. The maximum absolute atomic E-state index is 13.2. The van der Waals surface area contributed by atoms with Crippen LogP contribution < -0.4 is 0 Å². The van der Waals surface area contributed by atoms with Gasteiger partial charge >= 0.3 is 23.9 Å². The molecule has 2 bridgehead atoms. The van der Waals surface area contributed by atoms with Crippen molar-refractivity contribution >= 4 is 0 Å². The Morgan fingerprint density at radius 2 is 1.03 bits per heavy atom. The summed E-state index contributed by atoms with van der Waals surface area (Å²) >= 11 is 0. The van der Waals surface area contributed by atoms with Gasteiger partial charge < -0.3 is 0 Å². The van der Waals surface area contributed by atoms with Gasteiger partial charge in [-0.3, -0.25) is 0 Å². The molecule has 0 aromatic carbocycles. The van der Waals surface area contributed by atoms with Crippen molar-refractivity contribution in [3.8, 4) is 0 Å². The number of rotatable bonds is 0. The molecule has 4 aliphatic rings. The van der Waals surface area contributed by atoms with Crippen molar-refractivity contribution in [2.75, 3.05) is 0 Å². The molecule has 0 radical (unpaired) electrons. The van der Waals surface area contributed by atoms with Gasteiger partial charge in [0.25, 0.3) is 5.92 Å². The molecule has 6 atom stereocenters. The Bertz CT molecular complexity index is 606. The normalized spacial score (nSPS) is 44.8. The van der Waals surface area contributed by atoms with E-state index in [0.717, 1.165) is 12.8 Å². The number of hydrogen-bond donors (Lipinski definition) is 0. The molecule has 12 heteroatoms. The Kier molecular flexibility index (Phi) is 6.19. The van der Waals surface area contributed by atoms with Crippen molar-refractivity contribution < 1.29 is 52.7 Å². The van der Waals surface area contributed by atoms with Crippen LogP contribution in [0, 0.1) is 29.1 Å². The van der Waals surface area contributed by atoms with Crippen molar-refractivity contribution in [1.82, 2.24) is 0 Å². The topological polar surface area (TPSA) is 0 Å². The van der Waals surface area contributed by atoms with Gasteiger partial charge in [-0.15, -0.1) is 0 Å². The van der Waals surface area contributed by atoms with Crippen molar-refractivity contribution in [3.05, 3.63) is 0 Å². The van der Waals surface area contributed by atoms with Crippen molar-refractivity contribution in [2.45, 2.75) is 83.5 Å². The summed E-state index contributed by atoms with van der Waals surface area (Å²) in [4.78, 5) is 0. The lowest BCUT2D eigenvalue weighted by Gasteiger charge is -2.53. The predicted octanol–water partition coefficient (Wildman–Crippen LogP) is 7.77. The van der Waals surface area contributed by atoms with Gasteiger partial charge in [-0.1, -0.05) is 28.2 Å². The Morgan fingerprint density at radius 3 is 1.30 bits per heavy atom. The minimum atomic E-state index is -6.19. The Labute approximate surface area is 166 Å². The first kappa shape index (κ1) is 27.2. The van der Waals surface area contributed by atoms with Crippen LogP contribution in [0.5, 0.6) is 0 Å². The van der Waals surface area contributed by atoms with E-state index >= 15 is 0 Å². The van der Waals surface area contributed by atoms with E-state index in [1.807, 2.05) is 6.92 Å². The van der Waals surface area contributed by atoms with E-state index in [1.165, 1.54) is 6.92 Å². The zero-order chi connectivity index (χ0) is 23.2. The molecule has 0 aliphatic heterocycles. The molecule has 0 N–H and O–H groups in total. The fraction of sp³-hybridized carbons (Fsp3) is 1.00. The summed E-state index contributed by atoms with van der Waals surface area (Å²) < 4.78 is 154. The van der Waals surface area contributed by atoms with Crippen LogP contribution in [0.2, 0.25) is 0 Å². The molecule has 0 saturated heterocycles. The van der Waals surface area contributed by atoms with Crippen LogP contribution in [-0.2, 0) is 0 Å². The molecule has 0 aromatic rings. The van der Waals surface area contributed by atoms with Gasteiger partial charge in [0, 0.05) is 0 Å². The molecule has 4 aliphatic carbocycles. The standard InChI is InChI=1S/C9H13F3.C8H7F9.CH4/c1-5-6-3-4-7(5)8(6,2)9(10,11)12;1-3-5(10,11)4(2,9)7(14,15)8(16,17)6(3,12)13;/h5-7H,3-4H2,1-2H3;3H,1-2H3;1H4/t5?,6-,7+,8?;3-,4?;/m.0./s1. The van der Waals surface area contributed by atoms with Crippen LogP contribution >= 0.6 is 0 Å². The molecule has 4 saturated carbocycles. The average Bonchev–Trinajstić information content (AvgIpc) is 3.12. The Morgan fingerprint density at radius 1 is 0.667 bits per heavy atom. The fourth-order valence-corrected chi connectivity index (χ4v) is 5.05. The third kappa shape index (κ3) is 2.82. The van der Waals surface area contributed by atoms with Crippen molar-refractivity contribution in [1.29, 1.82) is 0 Å². The van der Waals surface area contributed by atoms with E-state index in [9.17, 15) is 52.7 Å². The lowest BCUT2D eigenvalue weighted by Crippen LogP contribution is -2.77. The van der Waals surface area contributed by atoms with Crippen LogP contribution in [0.4, 0.5) is 52.7 Å². The quantitative estimate of drug-likeness (QED) is 0.319. The second kappa shape index (κ2) is 6.83. The summed E-state index contributed by atoms with van der Waals surface area (Å²) in [5, 5.41) is 0. The first-order chi connectivity index (χ1) is 12.5. The Hall–Kier alpha value is -0.840. The Balaban J connectivity index is 0.000000304. The van der Waals surface area contributed by atoms with Crippen LogP contribution in [0.1, 0.15) is 48.0 Å². The highest BCUT2D eigenvalue weighted by molar-refractivity contribution is 5.20. The van der Waals surface area contributed by atoms with Crippen LogP contribution in [0.15, 0.2) is 0 Å². The fourth-order valence-electron chi connectivity index (χ4n) is 5.05. The maximum atomic E-state index is 13.2. The second-order valence-corrected chi connectivity index (χ2v) is 8.55. The number of fused-ring (bicyclic) bond motifs is 1. The van der Waals surface area contributed by atoms with Gasteiger partial charge in [-0.2, -0.15) is 39.5 Å². The molecular formula is C18H24F12. The molecular weight excluding hydrogens is 444 g/mol. The highest BCUT2D eigenvalue weighted by Crippen LogP contribution is 2.71. The van der Waals surface area contributed by atoms with Crippen LogP contribution in [0.3, 0.4) is 0 Å².